The minimum Gasteiger partial charge on any atom is -0.473 e. The molecule has 0 N–H and O–H groups in total. The Morgan fingerprint density at radius 2 is 1.31 bits per heavy atom. The lowest BCUT2D eigenvalue weighted by atomic mass is 9.96. The van der Waals surface area contributed by atoms with Crippen LogP contribution >= 0.6 is 0 Å². The third kappa shape index (κ3) is 10.3. The summed E-state index contributed by atoms with van der Waals surface area (Å²) in [5.41, 5.74) is 1.12. The van der Waals surface area contributed by atoms with Gasteiger partial charge in [0.2, 0.25) is 11.8 Å². The monoisotopic (exact) mass is 500 g/mol. The van der Waals surface area contributed by atoms with E-state index in [4.69, 9.17) is 9.72 Å². The third-order valence-corrected chi connectivity index (χ3v) is 7.99. The molecule has 0 spiro atoms. The lowest BCUT2D eigenvalue weighted by molar-refractivity contribution is 0.115. The van der Waals surface area contributed by atoms with Crippen LogP contribution in [0.15, 0.2) is 5.18 Å². The predicted molar refractivity (Wildman–Crippen MR) is 150 cm³/mol. The van der Waals surface area contributed by atoms with Gasteiger partial charge < -0.3 is 9.64 Å². The van der Waals surface area contributed by atoms with Gasteiger partial charge in [-0.3, -0.25) is 0 Å². The largest absolute Gasteiger partial charge is 0.473 e. The number of aryl methyl sites for hydroxylation is 1. The highest BCUT2D eigenvalue weighted by Gasteiger charge is 2.26. The van der Waals surface area contributed by atoms with Crippen molar-refractivity contribution < 1.29 is 4.74 Å². The summed E-state index contributed by atoms with van der Waals surface area (Å²) in [5, 5.41) is 3.34. The molecule has 1 aromatic heterocycles. The zero-order valence-corrected chi connectivity index (χ0v) is 23.2. The van der Waals surface area contributed by atoms with Crippen molar-refractivity contribution in [3.05, 3.63) is 10.6 Å². The Kier molecular flexibility index (Phi) is 14.2. The van der Waals surface area contributed by atoms with E-state index in [1.165, 1.54) is 116 Å². The molecule has 3 rings (SSSR count). The van der Waals surface area contributed by atoms with E-state index in [1.807, 2.05) is 0 Å². The van der Waals surface area contributed by atoms with E-state index in [0.29, 0.717) is 11.6 Å². The maximum atomic E-state index is 11.8. The molecule has 0 radical (unpaired) electrons. The van der Waals surface area contributed by atoms with E-state index in [0.717, 1.165) is 50.4 Å². The molecule has 1 saturated heterocycles. The van der Waals surface area contributed by atoms with Gasteiger partial charge in [0.05, 0.1) is 5.69 Å². The zero-order chi connectivity index (χ0) is 25.3. The van der Waals surface area contributed by atoms with Crippen LogP contribution < -0.4 is 9.64 Å². The van der Waals surface area contributed by atoms with Crippen LogP contribution in [-0.2, 0) is 6.42 Å². The number of nitroso groups, excluding NO2 is 1. The third-order valence-electron chi connectivity index (χ3n) is 7.99. The average Bonchev–Trinajstić information content (AvgIpc) is 2.88. The average molecular weight is 501 g/mol. The first-order chi connectivity index (χ1) is 17.8. The summed E-state index contributed by atoms with van der Waals surface area (Å²) in [4.78, 5) is 23.5. The minimum absolute atomic E-state index is 0.174. The first kappa shape index (κ1) is 28.8. The van der Waals surface area contributed by atoms with Crippen LogP contribution in [0.1, 0.15) is 147 Å². The SMILES string of the molecule is CCCCCCCCCCCCCCCCCc1nc(N2CCCCC2)nc(OC2CCC2)c1N=O. The molecule has 0 bridgehead atoms. The van der Waals surface area contributed by atoms with Crippen LogP contribution in [0.25, 0.3) is 0 Å². The molecule has 1 aliphatic heterocycles. The summed E-state index contributed by atoms with van der Waals surface area (Å²) in [6, 6.07) is 0. The number of rotatable bonds is 20. The summed E-state index contributed by atoms with van der Waals surface area (Å²) in [5.74, 6) is 1.15. The van der Waals surface area contributed by atoms with Crippen LogP contribution in [0.4, 0.5) is 11.6 Å². The number of piperidine rings is 1. The molecule has 204 valence electrons. The van der Waals surface area contributed by atoms with Gasteiger partial charge >= 0.3 is 0 Å². The summed E-state index contributed by atoms with van der Waals surface area (Å²) in [6.45, 7) is 4.25. The molecule has 0 unspecified atom stereocenters. The van der Waals surface area contributed by atoms with Crippen molar-refractivity contribution in [2.45, 2.75) is 154 Å². The molecule has 0 atom stereocenters. The maximum Gasteiger partial charge on any atom is 0.249 e. The second-order valence-electron chi connectivity index (χ2n) is 11.1. The number of aromatic nitrogens is 2. The molecular weight excluding hydrogens is 448 g/mol. The lowest BCUT2D eigenvalue weighted by Crippen LogP contribution is -2.32. The highest BCUT2D eigenvalue weighted by Crippen LogP contribution is 2.35. The van der Waals surface area contributed by atoms with Crippen molar-refractivity contribution in [3.63, 3.8) is 0 Å². The Balaban J connectivity index is 1.34. The molecule has 2 heterocycles. The van der Waals surface area contributed by atoms with E-state index in [2.05, 4.69) is 22.0 Å². The Morgan fingerprint density at radius 3 is 1.81 bits per heavy atom. The summed E-state index contributed by atoms with van der Waals surface area (Å²) in [7, 11) is 0. The van der Waals surface area contributed by atoms with Gasteiger partial charge in [-0.15, -0.1) is 4.91 Å². The quantitative estimate of drug-likeness (QED) is 0.132. The van der Waals surface area contributed by atoms with Crippen molar-refractivity contribution in [1.29, 1.82) is 0 Å². The van der Waals surface area contributed by atoms with Crippen molar-refractivity contribution in [3.8, 4) is 5.88 Å². The fourth-order valence-electron chi connectivity index (χ4n) is 5.36. The van der Waals surface area contributed by atoms with Crippen LogP contribution in [-0.4, -0.2) is 29.2 Å². The second kappa shape index (κ2) is 17.7. The van der Waals surface area contributed by atoms with Gasteiger partial charge in [-0.05, 0) is 56.5 Å². The summed E-state index contributed by atoms with van der Waals surface area (Å²) in [6.07, 6.45) is 28.0. The molecule has 36 heavy (non-hydrogen) atoms. The Morgan fingerprint density at radius 1 is 0.750 bits per heavy atom. The van der Waals surface area contributed by atoms with E-state index in [9.17, 15) is 4.91 Å². The van der Waals surface area contributed by atoms with Crippen molar-refractivity contribution >= 4 is 11.6 Å². The van der Waals surface area contributed by atoms with Crippen molar-refractivity contribution in [1.82, 2.24) is 9.97 Å². The topological polar surface area (TPSA) is 67.7 Å². The zero-order valence-electron chi connectivity index (χ0n) is 23.2. The normalized spacial score (nSPS) is 16.2. The second-order valence-corrected chi connectivity index (χ2v) is 11.1. The number of hydrogen-bond donors (Lipinski definition) is 0. The number of nitrogens with zero attached hydrogens (tertiary/aromatic N) is 4. The molecule has 1 saturated carbocycles. The molecule has 0 amide bonds. The van der Waals surface area contributed by atoms with Crippen molar-refractivity contribution in [2.24, 2.45) is 5.18 Å². The van der Waals surface area contributed by atoms with Gasteiger partial charge in [-0.2, -0.15) is 4.98 Å². The van der Waals surface area contributed by atoms with E-state index < -0.39 is 0 Å². The highest BCUT2D eigenvalue weighted by molar-refractivity contribution is 5.55. The summed E-state index contributed by atoms with van der Waals surface area (Å²) >= 11 is 0. The van der Waals surface area contributed by atoms with E-state index in [-0.39, 0.29) is 6.10 Å². The molecule has 2 aliphatic rings. The molecule has 6 heteroatoms. The first-order valence-electron chi connectivity index (χ1n) is 15.5. The Bertz CT molecular complexity index is 732. The molecule has 2 fully saturated rings. The van der Waals surface area contributed by atoms with E-state index in [1.54, 1.807) is 0 Å². The predicted octanol–water partition coefficient (Wildman–Crippen LogP) is 9.21. The van der Waals surface area contributed by atoms with Gasteiger partial charge in [0.25, 0.3) is 0 Å². The molecule has 1 aromatic rings. The van der Waals surface area contributed by atoms with Gasteiger partial charge in [-0.25, -0.2) is 4.98 Å². The van der Waals surface area contributed by atoms with Gasteiger partial charge in [0.15, 0.2) is 5.69 Å². The number of hydrogen-bond acceptors (Lipinski definition) is 6. The Hall–Kier alpha value is -1.72. The van der Waals surface area contributed by atoms with Crippen LogP contribution in [0, 0.1) is 4.91 Å². The Labute approximate surface area is 220 Å². The first-order valence-corrected chi connectivity index (χ1v) is 15.5. The number of ether oxygens (including phenoxy) is 1. The highest BCUT2D eigenvalue weighted by atomic mass is 16.5. The lowest BCUT2D eigenvalue weighted by Gasteiger charge is -2.29. The number of unbranched alkanes of at least 4 members (excludes halogenated alkanes) is 14. The number of anilines is 1. The molecule has 0 aromatic carbocycles. The van der Waals surface area contributed by atoms with Gasteiger partial charge in [-0.1, -0.05) is 96.8 Å². The van der Waals surface area contributed by atoms with Gasteiger partial charge in [0.1, 0.15) is 6.10 Å². The molecule has 6 nitrogen and oxygen atoms in total. The summed E-state index contributed by atoms with van der Waals surface area (Å²) < 4.78 is 6.10. The smallest absolute Gasteiger partial charge is 0.249 e. The van der Waals surface area contributed by atoms with Gasteiger partial charge in [0, 0.05) is 13.1 Å². The fourth-order valence-corrected chi connectivity index (χ4v) is 5.36. The minimum atomic E-state index is 0.174. The molecular formula is C30H52N4O2. The van der Waals surface area contributed by atoms with Crippen molar-refractivity contribution in [2.75, 3.05) is 18.0 Å². The molecule has 1 aliphatic carbocycles. The van der Waals surface area contributed by atoms with Crippen LogP contribution in [0.5, 0.6) is 5.88 Å². The van der Waals surface area contributed by atoms with Crippen LogP contribution in [0.3, 0.4) is 0 Å². The van der Waals surface area contributed by atoms with E-state index >= 15 is 0 Å². The maximum absolute atomic E-state index is 11.8. The standard InChI is InChI=1S/C30H52N4O2/c1-2-3-4-5-6-7-8-9-10-11-12-13-14-15-17-23-27-28(33-35)29(36-26-21-20-22-26)32-30(31-27)34-24-18-16-19-25-34/h26H,2-25H2,1H3. The van der Waals surface area contributed by atoms with Crippen LogP contribution in [0.2, 0.25) is 0 Å². The fraction of sp³-hybridized carbons (Fsp3) is 0.867.